The van der Waals surface area contributed by atoms with Gasteiger partial charge in [0.25, 0.3) is 5.56 Å². The predicted octanol–water partition coefficient (Wildman–Crippen LogP) is 4.83. The summed E-state index contributed by atoms with van der Waals surface area (Å²) >= 11 is 3.40. The van der Waals surface area contributed by atoms with Crippen molar-refractivity contribution >= 4 is 39.1 Å². The van der Waals surface area contributed by atoms with Gasteiger partial charge in [0, 0.05) is 16.6 Å². The van der Waals surface area contributed by atoms with E-state index in [4.69, 9.17) is 0 Å². The minimum Gasteiger partial charge on any atom is -0.267 e. The van der Waals surface area contributed by atoms with E-state index < -0.39 is 0 Å². The third-order valence-corrected chi connectivity index (χ3v) is 4.20. The molecule has 25 heavy (non-hydrogen) atoms. The number of rotatable bonds is 4. The summed E-state index contributed by atoms with van der Waals surface area (Å²) in [7, 11) is 0. The predicted molar refractivity (Wildman–Crippen MR) is 107 cm³/mol. The molecule has 0 aliphatic carbocycles. The van der Waals surface area contributed by atoms with Crippen molar-refractivity contribution in [3.63, 3.8) is 0 Å². The first-order valence-corrected chi connectivity index (χ1v) is 8.84. The molecule has 0 radical (unpaired) electrons. The highest BCUT2D eigenvalue weighted by Gasteiger charge is 2.13. The van der Waals surface area contributed by atoms with Gasteiger partial charge in [-0.1, -0.05) is 66.2 Å². The van der Waals surface area contributed by atoms with Crippen molar-refractivity contribution in [2.24, 2.45) is 5.10 Å². The lowest BCUT2D eigenvalue weighted by atomic mass is 10.2. The van der Waals surface area contributed by atoms with E-state index in [1.165, 1.54) is 4.68 Å². The van der Waals surface area contributed by atoms with Crippen LogP contribution in [-0.2, 0) is 0 Å². The Labute approximate surface area is 154 Å². The fraction of sp³-hybridized carbons (Fsp3) is 0.150. The van der Waals surface area contributed by atoms with E-state index in [1.807, 2.05) is 68.5 Å². The number of hydrogen-bond donors (Lipinski definition) is 0. The Morgan fingerprint density at radius 3 is 2.64 bits per heavy atom. The lowest BCUT2D eigenvalue weighted by molar-refractivity contribution is 0.665. The highest BCUT2D eigenvalue weighted by Crippen LogP contribution is 2.18. The van der Waals surface area contributed by atoms with Crippen molar-refractivity contribution < 1.29 is 0 Å². The zero-order chi connectivity index (χ0) is 17.8. The standard InChI is InChI=1S/C20H18BrN3O/c1-14(2)19-23-18-11-10-16(21)13-17(18)20(25)24(19)22-12-6-9-15-7-4-3-5-8-15/h3-14H,1-2H3/b9-6+,22-12?. The summed E-state index contributed by atoms with van der Waals surface area (Å²) in [5.74, 6) is 0.722. The summed E-state index contributed by atoms with van der Waals surface area (Å²) in [5.41, 5.74) is 1.59. The summed E-state index contributed by atoms with van der Waals surface area (Å²) < 4.78 is 2.23. The van der Waals surface area contributed by atoms with Gasteiger partial charge in [0.05, 0.1) is 10.9 Å². The van der Waals surface area contributed by atoms with E-state index in [2.05, 4.69) is 26.0 Å². The molecule has 0 N–H and O–H groups in total. The molecule has 0 bridgehead atoms. The fourth-order valence-corrected chi connectivity index (χ4v) is 2.84. The molecule has 3 aromatic rings. The van der Waals surface area contributed by atoms with Gasteiger partial charge in [-0.25, -0.2) is 4.98 Å². The monoisotopic (exact) mass is 395 g/mol. The molecule has 126 valence electrons. The Morgan fingerprint density at radius 2 is 1.92 bits per heavy atom. The molecule has 0 aliphatic heterocycles. The van der Waals surface area contributed by atoms with Crippen LogP contribution in [-0.4, -0.2) is 15.9 Å². The molecule has 0 unspecified atom stereocenters. The number of aromatic nitrogens is 2. The van der Waals surface area contributed by atoms with Crippen LogP contribution in [0, 0.1) is 0 Å². The molecular formula is C20H18BrN3O. The summed E-state index contributed by atoms with van der Waals surface area (Å²) in [5, 5.41) is 4.88. The number of fused-ring (bicyclic) bond motifs is 1. The highest BCUT2D eigenvalue weighted by molar-refractivity contribution is 9.10. The fourth-order valence-electron chi connectivity index (χ4n) is 2.47. The Balaban J connectivity index is 2.03. The van der Waals surface area contributed by atoms with Gasteiger partial charge in [0.15, 0.2) is 0 Å². The first-order valence-electron chi connectivity index (χ1n) is 8.04. The Bertz CT molecular complexity index is 1000. The van der Waals surface area contributed by atoms with Gasteiger partial charge in [0.1, 0.15) is 5.82 Å². The number of nitrogens with zero attached hydrogens (tertiary/aromatic N) is 3. The second-order valence-electron chi connectivity index (χ2n) is 5.94. The Morgan fingerprint density at radius 1 is 1.16 bits per heavy atom. The largest absolute Gasteiger partial charge is 0.282 e. The van der Waals surface area contributed by atoms with E-state index in [0.29, 0.717) is 16.7 Å². The second-order valence-corrected chi connectivity index (χ2v) is 6.85. The van der Waals surface area contributed by atoms with Crippen molar-refractivity contribution in [3.05, 3.63) is 80.8 Å². The van der Waals surface area contributed by atoms with Gasteiger partial charge in [-0.15, -0.1) is 0 Å². The van der Waals surface area contributed by atoms with E-state index in [-0.39, 0.29) is 11.5 Å². The minimum atomic E-state index is -0.167. The normalized spacial score (nSPS) is 12.0. The molecule has 1 aromatic heterocycles. The third-order valence-electron chi connectivity index (χ3n) is 3.71. The van der Waals surface area contributed by atoms with Crippen molar-refractivity contribution in [1.29, 1.82) is 0 Å². The number of hydrogen-bond acceptors (Lipinski definition) is 3. The Hall–Kier alpha value is -2.53. The zero-order valence-corrected chi connectivity index (χ0v) is 15.6. The maximum Gasteiger partial charge on any atom is 0.282 e. The maximum absolute atomic E-state index is 12.8. The molecule has 1 heterocycles. The average Bonchev–Trinajstić information content (AvgIpc) is 2.61. The maximum atomic E-state index is 12.8. The Kier molecular flexibility index (Phi) is 5.24. The molecule has 0 aliphatic rings. The molecule has 0 atom stereocenters. The van der Waals surface area contributed by atoms with Crippen LogP contribution < -0.4 is 5.56 Å². The number of halogens is 1. The van der Waals surface area contributed by atoms with Crippen LogP contribution in [0.3, 0.4) is 0 Å². The molecule has 0 spiro atoms. The van der Waals surface area contributed by atoms with Gasteiger partial charge in [0.2, 0.25) is 0 Å². The first-order chi connectivity index (χ1) is 12.1. The number of benzene rings is 2. The van der Waals surface area contributed by atoms with Gasteiger partial charge in [-0.05, 0) is 29.8 Å². The molecule has 0 saturated heterocycles. The van der Waals surface area contributed by atoms with Gasteiger partial charge >= 0.3 is 0 Å². The zero-order valence-electron chi connectivity index (χ0n) is 14.1. The van der Waals surface area contributed by atoms with Gasteiger partial charge in [-0.3, -0.25) is 4.79 Å². The lowest BCUT2D eigenvalue weighted by Gasteiger charge is -2.11. The third kappa shape index (κ3) is 3.94. The molecule has 4 nitrogen and oxygen atoms in total. The van der Waals surface area contributed by atoms with Gasteiger partial charge < -0.3 is 0 Å². The molecule has 0 amide bonds. The van der Waals surface area contributed by atoms with Gasteiger partial charge in [-0.2, -0.15) is 9.78 Å². The highest BCUT2D eigenvalue weighted by atomic mass is 79.9. The van der Waals surface area contributed by atoms with Crippen LogP contribution in [0.1, 0.15) is 31.2 Å². The van der Waals surface area contributed by atoms with Crippen LogP contribution in [0.5, 0.6) is 0 Å². The summed E-state index contributed by atoms with van der Waals surface area (Å²) in [6.45, 7) is 4.00. The molecule has 2 aromatic carbocycles. The van der Waals surface area contributed by atoms with Crippen LogP contribution in [0.2, 0.25) is 0 Å². The number of allylic oxidation sites excluding steroid dienone is 1. The van der Waals surface area contributed by atoms with Crippen molar-refractivity contribution in [2.45, 2.75) is 19.8 Å². The second kappa shape index (κ2) is 7.57. The van der Waals surface area contributed by atoms with E-state index in [9.17, 15) is 4.79 Å². The smallest absolute Gasteiger partial charge is 0.267 e. The summed E-state index contributed by atoms with van der Waals surface area (Å²) in [6, 6.07) is 15.4. The quantitative estimate of drug-likeness (QED) is 0.593. The first kappa shape index (κ1) is 17.3. The van der Waals surface area contributed by atoms with Crippen LogP contribution in [0.25, 0.3) is 17.0 Å². The molecule has 0 fully saturated rings. The van der Waals surface area contributed by atoms with E-state index in [1.54, 1.807) is 12.3 Å². The molecular weight excluding hydrogens is 378 g/mol. The lowest BCUT2D eigenvalue weighted by Crippen LogP contribution is -2.23. The van der Waals surface area contributed by atoms with Crippen LogP contribution in [0.4, 0.5) is 0 Å². The molecule has 5 heteroatoms. The SMILES string of the molecule is CC(C)c1nc2ccc(Br)cc2c(=O)n1N=C/C=C/c1ccccc1. The van der Waals surface area contributed by atoms with E-state index >= 15 is 0 Å². The van der Waals surface area contributed by atoms with Crippen LogP contribution >= 0.6 is 15.9 Å². The molecule has 3 rings (SSSR count). The van der Waals surface area contributed by atoms with Crippen LogP contribution in [0.15, 0.2) is 69.0 Å². The minimum absolute atomic E-state index is 0.0796. The van der Waals surface area contributed by atoms with Crippen molar-refractivity contribution in [1.82, 2.24) is 9.66 Å². The summed E-state index contributed by atoms with van der Waals surface area (Å²) in [6.07, 6.45) is 5.37. The topological polar surface area (TPSA) is 47.2 Å². The average molecular weight is 396 g/mol. The van der Waals surface area contributed by atoms with Crippen molar-refractivity contribution in [3.8, 4) is 0 Å². The van der Waals surface area contributed by atoms with E-state index in [0.717, 1.165) is 10.0 Å². The van der Waals surface area contributed by atoms with Crippen molar-refractivity contribution in [2.75, 3.05) is 0 Å². The molecule has 0 saturated carbocycles. The summed E-state index contributed by atoms with van der Waals surface area (Å²) in [4.78, 5) is 17.5.